The molecule has 1 spiro atoms. The Hall–Kier alpha value is -1.92. The van der Waals surface area contributed by atoms with E-state index in [4.69, 9.17) is 11.6 Å². The minimum absolute atomic E-state index is 0.0737. The third kappa shape index (κ3) is 2.26. The Kier molecular flexibility index (Phi) is 3.79. The number of carbonyl (C=O) groups is 3. The summed E-state index contributed by atoms with van der Waals surface area (Å²) in [4.78, 5) is 41.3. The molecule has 1 aromatic carbocycles. The molecule has 3 aliphatic heterocycles. The van der Waals surface area contributed by atoms with E-state index < -0.39 is 22.9 Å². The van der Waals surface area contributed by atoms with Gasteiger partial charge in [-0.25, -0.2) is 0 Å². The van der Waals surface area contributed by atoms with Crippen LogP contribution in [0.4, 0.5) is 5.69 Å². The summed E-state index contributed by atoms with van der Waals surface area (Å²) in [7, 11) is 0. The summed E-state index contributed by atoms with van der Waals surface area (Å²) < 4.78 is 0. The lowest BCUT2D eigenvalue weighted by Crippen LogP contribution is -2.56. The van der Waals surface area contributed by atoms with Gasteiger partial charge in [0.15, 0.2) is 0 Å². The summed E-state index contributed by atoms with van der Waals surface area (Å²) in [6.45, 7) is 9.52. The van der Waals surface area contributed by atoms with Crippen molar-refractivity contribution in [3.05, 3.63) is 28.8 Å². The Balaban J connectivity index is 1.95. The molecule has 0 radical (unpaired) electrons. The molecule has 3 aliphatic rings. The number of benzene rings is 1. The minimum atomic E-state index is -1.27. The van der Waals surface area contributed by atoms with Crippen molar-refractivity contribution < 1.29 is 14.4 Å². The van der Waals surface area contributed by atoms with E-state index in [0.717, 1.165) is 0 Å². The summed E-state index contributed by atoms with van der Waals surface area (Å²) in [5, 5.41) is 6.76. The number of fused-ring (bicyclic) bond motifs is 4. The number of halogens is 1. The predicted molar refractivity (Wildman–Crippen MR) is 102 cm³/mol. The molecule has 3 amide bonds. The van der Waals surface area contributed by atoms with E-state index in [1.54, 1.807) is 18.2 Å². The van der Waals surface area contributed by atoms with Crippen molar-refractivity contribution in [1.82, 2.24) is 10.2 Å². The van der Waals surface area contributed by atoms with Gasteiger partial charge in [0, 0.05) is 27.9 Å². The van der Waals surface area contributed by atoms with Crippen molar-refractivity contribution in [1.29, 1.82) is 0 Å². The molecular weight excluding hydrogens is 366 g/mol. The van der Waals surface area contributed by atoms with Gasteiger partial charge in [-0.15, -0.1) is 0 Å². The van der Waals surface area contributed by atoms with Crippen LogP contribution in [0.2, 0.25) is 5.02 Å². The van der Waals surface area contributed by atoms with Crippen molar-refractivity contribution in [2.24, 2.45) is 17.8 Å². The number of carbonyl (C=O) groups excluding carboxylic acids is 3. The zero-order valence-corrected chi connectivity index (χ0v) is 16.8. The maximum atomic E-state index is 13.5. The van der Waals surface area contributed by atoms with Gasteiger partial charge in [0.2, 0.25) is 17.7 Å². The van der Waals surface area contributed by atoms with Crippen molar-refractivity contribution in [3.63, 3.8) is 0 Å². The molecule has 0 aromatic heterocycles. The molecule has 2 N–H and O–H groups in total. The topological polar surface area (TPSA) is 78.5 Å². The van der Waals surface area contributed by atoms with Crippen molar-refractivity contribution in [2.75, 3.05) is 5.32 Å². The third-order valence-electron chi connectivity index (χ3n) is 6.00. The van der Waals surface area contributed by atoms with Crippen LogP contribution in [0, 0.1) is 17.8 Å². The van der Waals surface area contributed by atoms with Gasteiger partial charge in [0.1, 0.15) is 5.54 Å². The van der Waals surface area contributed by atoms with E-state index in [9.17, 15) is 14.4 Å². The maximum absolute atomic E-state index is 13.5. The molecule has 0 aliphatic carbocycles. The Morgan fingerprint density at radius 2 is 1.81 bits per heavy atom. The second-order valence-corrected chi connectivity index (χ2v) is 9.49. The highest BCUT2D eigenvalue weighted by molar-refractivity contribution is 6.31. The average Bonchev–Trinajstić information content (AvgIpc) is 3.13. The maximum Gasteiger partial charge on any atom is 0.250 e. The second kappa shape index (κ2) is 5.55. The van der Waals surface area contributed by atoms with Crippen LogP contribution in [-0.4, -0.2) is 34.2 Å². The number of hydrogen-bond donors (Lipinski definition) is 2. The summed E-state index contributed by atoms with van der Waals surface area (Å²) in [5.74, 6) is -2.08. The van der Waals surface area contributed by atoms with E-state index in [-0.39, 0.29) is 29.7 Å². The quantitative estimate of drug-likeness (QED) is 0.723. The zero-order chi connectivity index (χ0) is 19.9. The molecule has 2 fully saturated rings. The van der Waals surface area contributed by atoms with Gasteiger partial charge in [0.05, 0.1) is 11.8 Å². The van der Waals surface area contributed by atoms with Crippen LogP contribution in [0.1, 0.15) is 40.2 Å². The van der Waals surface area contributed by atoms with Gasteiger partial charge >= 0.3 is 0 Å². The molecule has 6 nitrogen and oxygen atoms in total. The van der Waals surface area contributed by atoms with E-state index >= 15 is 0 Å². The number of rotatable bonds is 1. The number of anilines is 1. The summed E-state index contributed by atoms with van der Waals surface area (Å²) in [6.07, 6.45) is 0. The molecule has 144 valence electrons. The number of nitrogens with zero attached hydrogens (tertiary/aromatic N) is 1. The molecular formula is C20H24ClN3O3. The molecule has 4 rings (SSSR count). The van der Waals surface area contributed by atoms with Crippen LogP contribution in [0.15, 0.2) is 18.2 Å². The standard InChI is InChI=1S/C20H24ClN3O3/c1-9(2)15-13-14(17(26)24(16(13)25)19(3,4)5)20(23-15)11-8-10(21)6-7-12(11)22-18(20)27/h6-9,13-15,23H,1-5H3,(H,22,27)/t13-,14-,15-,20+/m0/s1. The first kappa shape index (κ1) is 18.4. The Morgan fingerprint density at radius 1 is 1.15 bits per heavy atom. The molecule has 2 saturated heterocycles. The molecule has 1 aromatic rings. The second-order valence-electron chi connectivity index (χ2n) is 9.05. The van der Waals surface area contributed by atoms with Gasteiger partial charge in [0.25, 0.3) is 0 Å². The average molecular weight is 390 g/mol. The van der Waals surface area contributed by atoms with Gasteiger partial charge in [-0.3, -0.25) is 24.6 Å². The fourth-order valence-electron chi connectivity index (χ4n) is 4.94. The molecule has 27 heavy (non-hydrogen) atoms. The lowest BCUT2D eigenvalue weighted by molar-refractivity contribution is -0.148. The summed E-state index contributed by atoms with van der Waals surface area (Å²) >= 11 is 6.21. The summed E-state index contributed by atoms with van der Waals surface area (Å²) in [6, 6.07) is 4.88. The Labute approximate surface area is 163 Å². The monoisotopic (exact) mass is 389 g/mol. The van der Waals surface area contributed by atoms with Crippen LogP contribution in [0.3, 0.4) is 0 Å². The normalized spacial score (nSPS) is 32.5. The van der Waals surface area contributed by atoms with Crippen LogP contribution < -0.4 is 10.6 Å². The highest BCUT2D eigenvalue weighted by Gasteiger charge is 2.71. The highest BCUT2D eigenvalue weighted by atomic mass is 35.5. The largest absolute Gasteiger partial charge is 0.324 e. The number of hydrogen-bond acceptors (Lipinski definition) is 4. The van der Waals surface area contributed by atoms with Crippen LogP contribution in [-0.2, 0) is 19.9 Å². The molecule has 0 bridgehead atoms. The first-order valence-corrected chi connectivity index (χ1v) is 9.65. The van der Waals surface area contributed by atoms with E-state index in [2.05, 4.69) is 10.6 Å². The third-order valence-corrected chi connectivity index (χ3v) is 6.24. The Bertz CT molecular complexity index is 876. The lowest BCUT2D eigenvalue weighted by Gasteiger charge is -2.35. The smallest absolute Gasteiger partial charge is 0.250 e. The summed E-state index contributed by atoms with van der Waals surface area (Å²) in [5.41, 5.74) is -0.635. The molecule has 4 atom stereocenters. The zero-order valence-electron chi connectivity index (χ0n) is 16.1. The van der Waals surface area contributed by atoms with Gasteiger partial charge in [-0.2, -0.15) is 0 Å². The van der Waals surface area contributed by atoms with Crippen LogP contribution >= 0.6 is 11.6 Å². The van der Waals surface area contributed by atoms with Crippen molar-refractivity contribution in [2.45, 2.75) is 51.7 Å². The van der Waals surface area contributed by atoms with E-state index in [1.165, 1.54) is 4.90 Å². The van der Waals surface area contributed by atoms with Gasteiger partial charge in [-0.05, 0) is 44.9 Å². The number of likely N-dealkylation sites (tertiary alicyclic amines) is 1. The highest BCUT2D eigenvalue weighted by Crippen LogP contribution is 2.55. The fourth-order valence-corrected chi connectivity index (χ4v) is 5.11. The number of amides is 3. The fraction of sp³-hybridized carbons (Fsp3) is 0.550. The van der Waals surface area contributed by atoms with Gasteiger partial charge < -0.3 is 5.32 Å². The number of nitrogens with one attached hydrogen (secondary N) is 2. The van der Waals surface area contributed by atoms with Crippen molar-refractivity contribution in [3.8, 4) is 0 Å². The van der Waals surface area contributed by atoms with Gasteiger partial charge in [-0.1, -0.05) is 25.4 Å². The van der Waals surface area contributed by atoms with Crippen LogP contribution in [0.25, 0.3) is 0 Å². The number of imide groups is 1. The van der Waals surface area contributed by atoms with E-state index in [0.29, 0.717) is 16.3 Å². The van der Waals surface area contributed by atoms with E-state index in [1.807, 2.05) is 34.6 Å². The molecule has 3 heterocycles. The first-order valence-electron chi connectivity index (χ1n) is 9.27. The first-order chi connectivity index (χ1) is 12.5. The van der Waals surface area contributed by atoms with Crippen LogP contribution in [0.5, 0.6) is 0 Å². The Morgan fingerprint density at radius 3 is 2.41 bits per heavy atom. The molecule has 7 heteroatoms. The predicted octanol–water partition coefficient (Wildman–Crippen LogP) is 2.51. The molecule has 0 unspecified atom stereocenters. The minimum Gasteiger partial charge on any atom is -0.324 e. The molecule has 0 saturated carbocycles. The van der Waals surface area contributed by atoms with Crippen molar-refractivity contribution >= 4 is 35.0 Å². The SMILES string of the molecule is CC(C)[C@@H]1N[C@@]2(C(=O)Nc3ccc(Cl)cc32)[C@@H]2C(=O)N(C(C)(C)C)C(=O)[C@@H]21. The lowest BCUT2D eigenvalue weighted by atomic mass is 9.76.